The van der Waals surface area contributed by atoms with Crippen LogP contribution in [0.1, 0.15) is 70.8 Å². The first-order valence-corrected chi connectivity index (χ1v) is 15.8. The number of rotatable bonds is 9. The van der Waals surface area contributed by atoms with Crippen LogP contribution in [0, 0.1) is 11.8 Å². The second kappa shape index (κ2) is 14.1. The molecule has 0 radical (unpaired) electrons. The van der Waals surface area contributed by atoms with Gasteiger partial charge in [-0.15, -0.1) is 0 Å². The van der Waals surface area contributed by atoms with Crippen molar-refractivity contribution in [2.24, 2.45) is 11.8 Å². The predicted octanol–water partition coefficient (Wildman–Crippen LogP) is 1.11. The number of anilines is 1. The molecule has 6 rings (SSSR count). The van der Waals surface area contributed by atoms with Gasteiger partial charge in [0.05, 0.1) is 12.9 Å². The molecule has 2 aromatic rings. The molecule has 2 aromatic heterocycles. The number of aromatic nitrogens is 4. The number of imidazole rings is 1. The van der Waals surface area contributed by atoms with Gasteiger partial charge in [-0.3, -0.25) is 9.36 Å². The van der Waals surface area contributed by atoms with E-state index < -0.39 is 30.4 Å². The fourth-order valence-corrected chi connectivity index (χ4v) is 5.99. The highest BCUT2D eigenvalue weighted by Gasteiger charge is 2.48. The highest BCUT2D eigenvalue weighted by Crippen LogP contribution is 2.33. The minimum atomic E-state index is -1.38. The van der Waals surface area contributed by atoms with Crippen LogP contribution >= 0.6 is 0 Å². The molecule has 238 valence electrons. The van der Waals surface area contributed by atoms with Crippen LogP contribution in [0.15, 0.2) is 6.33 Å². The predicted molar refractivity (Wildman–Crippen MR) is 158 cm³/mol. The number of nitrogens with one attached hydrogen (secondary N) is 2. The number of hydrogen-bond donors (Lipinski definition) is 5. The van der Waals surface area contributed by atoms with E-state index in [-0.39, 0.29) is 18.0 Å². The molecule has 5 atom stereocenters. The average Bonchev–Trinajstić information content (AvgIpc) is 3.37. The summed E-state index contributed by atoms with van der Waals surface area (Å²) in [4.78, 5) is 40.1. The summed E-state index contributed by atoms with van der Waals surface area (Å²) < 4.78 is 12.8. The normalized spacial score (nSPS) is 27.6. The second-order valence-corrected chi connectivity index (χ2v) is 11.8. The van der Waals surface area contributed by atoms with Crippen molar-refractivity contribution in [2.75, 3.05) is 38.5 Å². The van der Waals surface area contributed by atoms with Crippen molar-refractivity contribution >= 4 is 29.0 Å². The van der Waals surface area contributed by atoms with E-state index in [2.05, 4.69) is 25.6 Å². The van der Waals surface area contributed by atoms with Gasteiger partial charge in [0.15, 0.2) is 23.8 Å². The Kier molecular flexibility index (Phi) is 10.3. The first kappa shape index (κ1) is 31.4. The largest absolute Gasteiger partial charge is 0.449 e. The summed E-state index contributed by atoms with van der Waals surface area (Å²) in [5.41, 5.74) is 6.94. The number of nitrogen functional groups attached to an aromatic ring is 1. The van der Waals surface area contributed by atoms with Gasteiger partial charge in [-0.25, -0.2) is 19.7 Å². The number of aliphatic hydroxyl groups is 2. The van der Waals surface area contributed by atoms with E-state index in [0.29, 0.717) is 54.9 Å². The van der Waals surface area contributed by atoms with Crippen molar-refractivity contribution in [1.82, 2.24) is 35.1 Å². The molecule has 2 amide bonds. The molecule has 0 aromatic carbocycles. The number of piperidine rings is 1. The van der Waals surface area contributed by atoms with Gasteiger partial charge in [-0.1, -0.05) is 13.8 Å². The number of nitrogens with two attached hydrogens (primary N) is 1. The highest BCUT2D eigenvalue weighted by atomic mass is 16.6. The Morgan fingerprint density at radius 2 is 1.88 bits per heavy atom. The maximum atomic E-state index is 12.5. The molecule has 14 heteroatoms. The van der Waals surface area contributed by atoms with Crippen molar-refractivity contribution in [2.45, 2.75) is 95.8 Å². The van der Waals surface area contributed by atoms with E-state index in [1.54, 1.807) is 0 Å². The molecule has 4 aliphatic rings. The molecule has 0 spiro atoms. The number of carbonyl (C=O) groups excluding carboxylic acids is 2. The molecular weight excluding hydrogens is 556 g/mol. The third-order valence-electron chi connectivity index (χ3n) is 8.68. The van der Waals surface area contributed by atoms with Crippen LogP contribution in [0.2, 0.25) is 0 Å². The number of ether oxygens (including phenoxy) is 2. The first-order valence-electron chi connectivity index (χ1n) is 15.8. The SMILES string of the molecule is CC.Nc1nc(CCCC2CCN(C(=O)OCC3CCNC3)CC2)nc2c1ncn2[C@@H]1O[C@H](C(=O)NC2CC2)[C@H](O)C1O. The van der Waals surface area contributed by atoms with Crippen LogP contribution in [0.5, 0.6) is 0 Å². The molecule has 1 saturated carbocycles. The summed E-state index contributed by atoms with van der Waals surface area (Å²) in [6.07, 6.45) is 3.43. The van der Waals surface area contributed by atoms with Crippen molar-refractivity contribution < 1.29 is 29.3 Å². The van der Waals surface area contributed by atoms with Gasteiger partial charge in [0.1, 0.15) is 23.5 Å². The lowest BCUT2D eigenvalue weighted by Crippen LogP contribution is -2.43. The van der Waals surface area contributed by atoms with Crippen molar-refractivity contribution in [3.05, 3.63) is 12.2 Å². The van der Waals surface area contributed by atoms with E-state index in [1.807, 2.05) is 18.7 Å². The monoisotopic (exact) mass is 602 g/mol. The third-order valence-corrected chi connectivity index (χ3v) is 8.68. The lowest BCUT2D eigenvalue weighted by atomic mass is 9.91. The van der Waals surface area contributed by atoms with Crippen LogP contribution < -0.4 is 16.4 Å². The molecule has 0 bridgehead atoms. The Balaban J connectivity index is 0.00000180. The maximum Gasteiger partial charge on any atom is 0.409 e. The van der Waals surface area contributed by atoms with E-state index in [1.165, 1.54) is 10.9 Å². The van der Waals surface area contributed by atoms with Crippen LogP contribution in [0.4, 0.5) is 10.6 Å². The highest BCUT2D eigenvalue weighted by molar-refractivity contribution is 5.83. The third kappa shape index (κ3) is 7.36. The molecule has 1 aliphatic carbocycles. The van der Waals surface area contributed by atoms with Gasteiger partial charge in [-0.05, 0) is 57.4 Å². The standard InChI is InChI=1S/C27H40N8O6.C2H6/c28-23-19-24(35(14-30-19)26-21(37)20(36)22(41-26)25(38)31-17-4-5-17)33-18(32-23)3-1-2-15-7-10-34(11-8-15)27(39)40-13-16-6-9-29-12-16;1-2/h14-17,20-22,26,29,36-37H,1-13H2,(H,31,38)(H2,28,32,33);1-2H3/t16?,20-,21?,22+,26-;/m1./s1. The molecule has 5 heterocycles. The minimum Gasteiger partial charge on any atom is -0.449 e. The second-order valence-electron chi connectivity index (χ2n) is 11.8. The van der Waals surface area contributed by atoms with E-state index in [9.17, 15) is 19.8 Å². The van der Waals surface area contributed by atoms with Crippen molar-refractivity contribution in [1.29, 1.82) is 0 Å². The Hall–Kier alpha value is -3.07. The zero-order chi connectivity index (χ0) is 30.5. The molecule has 4 fully saturated rings. The molecule has 6 N–H and O–H groups in total. The average molecular weight is 603 g/mol. The Labute approximate surface area is 251 Å². The van der Waals surface area contributed by atoms with Crippen molar-refractivity contribution in [3.63, 3.8) is 0 Å². The number of aliphatic hydroxyl groups excluding tert-OH is 2. The fourth-order valence-electron chi connectivity index (χ4n) is 5.99. The van der Waals surface area contributed by atoms with E-state index in [0.717, 1.165) is 58.0 Å². The Bertz CT molecular complexity index is 1240. The number of carbonyl (C=O) groups is 2. The van der Waals surface area contributed by atoms with E-state index in [4.69, 9.17) is 15.2 Å². The summed E-state index contributed by atoms with van der Waals surface area (Å²) >= 11 is 0. The van der Waals surface area contributed by atoms with Crippen LogP contribution in [0.3, 0.4) is 0 Å². The van der Waals surface area contributed by atoms with Crippen LogP contribution in [-0.2, 0) is 20.7 Å². The zero-order valence-electron chi connectivity index (χ0n) is 25.2. The van der Waals surface area contributed by atoms with Gasteiger partial charge < -0.3 is 41.0 Å². The molecule has 3 aliphatic heterocycles. The topological polar surface area (TPSA) is 190 Å². The number of nitrogens with zero attached hydrogens (tertiary/aromatic N) is 5. The van der Waals surface area contributed by atoms with E-state index >= 15 is 0 Å². The molecular formula is C29H46N8O6. The molecule has 14 nitrogen and oxygen atoms in total. The zero-order valence-corrected chi connectivity index (χ0v) is 25.2. The summed E-state index contributed by atoms with van der Waals surface area (Å²) in [6, 6.07) is 0.104. The van der Waals surface area contributed by atoms with Gasteiger partial charge in [-0.2, -0.15) is 0 Å². The number of likely N-dealkylation sites (tertiary alicyclic amines) is 1. The van der Waals surface area contributed by atoms with Crippen LogP contribution in [0.25, 0.3) is 11.2 Å². The molecule has 3 saturated heterocycles. The smallest absolute Gasteiger partial charge is 0.409 e. The molecule has 43 heavy (non-hydrogen) atoms. The summed E-state index contributed by atoms with van der Waals surface area (Å²) in [6.45, 7) is 7.80. The van der Waals surface area contributed by atoms with Gasteiger partial charge in [0.2, 0.25) is 0 Å². The maximum absolute atomic E-state index is 12.5. The summed E-state index contributed by atoms with van der Waals surface area (Å²) in [5.74, 6) is 1.26. The quantitative estimate of drug-likeness (QED) is 0.276. The van der Waals surface area contributed by atoms with Gasteiger partial charge >= 0.3 is 6.09 Å². The number of amides is 2. The Morgan fingerprint density at radius 1 is 1.12 bits per heavy atom. The number of hydrogen-bond acceptors (Lipinski definition) is 11. The number of fused-ring (bicyclic) bond motifs is 1. The van der Waals surface area contributed by atoms with Crippen LogP contribution in [-0.4, -0.2) is 104 Å². The summed E-state index contributed by atoms with van der Waals surface area (Å²) in [5, 5.41) is 27.3. The van der Waals surface area contributed by atoms with Gasteiger partial charge in [0.25, 0.3) is 5.91 Å². The first-order chi connectivity index (χ1) is 20.9. The lowest BCUT2D eigenvalue weighted by Gasteiger charge is -2.31. The molecule has 2 unspecified atom stereocenters. The Morgan fingerprint density at radius 3 is 2.58 bits per heavy atom. The van der Waals surface area contributed by atoms with Gasteiger partial charge in [0, 0.05) is 38.0 Å². The lowest BCUT2D eigenvalue weighted by molar-refractivity contribution is -0.137. The minimum absolute atomic E-state index is 0.104. The number of aryl methyl sites for hydroxylation is 1. The van der Waals surface area contributed by atoms with Crippen molar-refractivity contribution in [3.8, 4) is 0 Å². The summed E-state index contributed by atoms with van der Waals surface area (Å²) in [7, 11) is 0. The fraction of sp³-hybridized carbons (Fsp3) is 0.759.